The summed E-state index contributed by atoms with van der Waals surface area (Å²) < 4.78 is 15.9. The fraction of sp³-hybridized carbons (Fsp3) is 0.111. The molecule has 380 valence electrons. The van der Waals surface area contributed by atoms with E-state index in [1.807, 2.05) is 18.2 Å². The second-order valence-corrected chi connectivity index (χ2v) is 23.4. The average Bonchev–Trinajstić information content (AvgIpc) is 3.05. The number of nitrogens with zero attached hydrogens (tertiary/aromatic N) is 4. The third-order valence-corrected chi connectivity index (χ3v) is 16.5. The van der Waals surface area contributed by atoms with Crippen LogP contribution < -0.4 is 31.2 Å². The van der Waals surface area contributed by atoms with Crippen LogP contribution in [0.5, 0.6) is 0 Å². The molecule has 0 bridgehead atoms. The number of furan rings is 2. The Morgan fingerprint density at radius 2 is 1.05 bits per heavy atom. The van der Waals surface area contributed by atoms with Crippen molar-refractivity contribution in [2.45, 2.75) is 52.4 Å². The number of anilines is 9. The van der Waals surface area contributed by atoms with E-state index < -0.39 is 0 Å². The monoisotopic (exact) mass is 1020 g/mol. The van der Waals surface area contributed by atoms with Crippen LogP contribution in [0.15, 0.2) is 245 Å². The first-order valence-electron chi connectivity index (χ1n) is 27.5. The van der Waals surface area contributed by atoms with Crippen LogP contribution in [0.2, 0.25) is 0 Å². The molecule has 2 aliphatic rings. The van der Waals surface area contributed by atoms with Crippen LogP contribution >= 0.6 is 0 Å². The molecule has 13 aromatic rings. The molecule has 3 aromatic heterocycles. The first-order chi connectivity index (χ1) is 38.5. The van der Waals surface area contributed by atoms with Gasteiger partial charge in [0.2, 0.25) is 0 Å². The van der Waals surface area contributed by atoms with E-state index in [2.05, 4.69) is 279 Å². The van der Waals surface area contributed by atoms with Crippen LogP contribution in [0.25, 0.3) is 60.8 Å². The zero-order valence-corrected chi connectivity index (χ0v) is 45.2. The molecule has 0 aliphatic carbocycles. The maximum atomic E-state index is 6.85. The molecule has 6 nitrogen and oxygen atoms in total. The maximum absolute atomic E-state index is 6.85. The summed E-state index contributed by atoms with van der Waals surface area (Å²) in [6.07, 6.45) is 0. The van der Waals surface area contributed by atoms with Crippen molar-refractivity contribution in [3.05, 3.63) is 248 Å². The van der Waals surface area contributed by atoms with Gasteiger partial charge in [0.15, 0.2) is 5.58 Å². The fourth-order valence-corrected chi connectivity index (χ4v) is 12.6. The summed E-state index contributed by atoms with van der Waals surface area (Å²) in [6.45, 7) is 13.7. The zero-order chi connectivity index (χ0) is 53.3. The number of fused-ring (bicyclic) bond motifs is 10. The van der Waals surface area contributed by atoms with Gasteiger partial charge in [0.05, 0.1) is 16.9 Å². The van der Waals surface area contributed by atoms with Crippen LogP contribution in [0.1, 0.15) is 52.7 Å². The van der Waals surface area contributed by atoms with E-state index in [0.717, 1.165) is 95.2 Å². The molecule has 0 radical (unpaired) electrons. The standard InChI is InChI=1S/C72H57BN4O2/c1-71(2,3)48-34-38-53(39-35-48)76-63-44-49(72(4,5)6)43-62-67(63)73(70-68(76)57-26-14-16-28-59(57)77(70)51-23-11-8-12-24-51)58-41-40-54(45-61(58)75(62)52-36-32-46(33-37-52)66-42-47-20-13-17-30-64(47)78-66)74(50-21-9-7-10-22-50)60-29-19-27-56-55-25-15-18-31-65(55)79-69(56)60/h7-45H,1-6H3. The Morgan fingerprint density at radius 3 is 1.78 bits per heavy atom. The summed E-state index contributed by atoms with van der Waals surface area (Å²) in [6, 6.07) is 86.4. The van der Waals surface area contributed by atoms with E-state index in [-0.39, 0.29) is 17.5 Å². The molecule has 0 saturated carbocycles. The van der Waals surface area contributed by atoms with Crippen molar-refractivity contribution in [2.24, 2.45) is 0 Å². The van der Waals surface area contributed by atoms with Gasteiger partial charge in [-0.2, -0.15) is 0 Å². The van der Waals surface area contributed by atoms with Gasteiger partial charge >= 0.3 is 0 Å². The number of rotatable bonds is 7. The van der Waals surface area contributed by atoms with Gasteiger partial charge in [0.25, 0.3) is 6.71 Å². The van der Waals surface area contributed by atoms with Gasteiger partial charge in [-0.25, -0.2) is 0 Å². The summed E-state index contributed by atoms with van der Waals surface area (Å²) in [5, 5.41) is 4.46. The van der Waals surface area contributed by atoms with Crippen LogP contribution in [0, 0.1) is 0 Å². The van der Waals surface area contributed by atoms with E-state index in [0.29, 0.717) is 0 Å². The smallest absolute Gasteiger partial charge is 0.273 e. The van der Waals surface area contributed by atoms with Gasteiger partial charge in [0, 0.05) is 78.2 Å². The van der Waals surface area contributed by atoms with Gasteiger partial charge in [0.1, 0.15) is 16.9 Å². The Balaban J connectivity index is 1.05. The second kappa shape index (κ2) is 17.5. The minimum Gasteiger partial charge on any atom is -0.456 e. The predicted molar refractivity (Wildman–Crippen MR) is 332 cm³/mol. The summed E-state index contributed by atoms with van der Waals surface area (Å²) in [7, 11) is 0. The van der Waals surface area contributed by atoms with Crippen molar-refractivity contribution in [3.8, 4) is 17.0 Å². The highest BCUT2D eigenvalue weighted by Gasteiger charge is 2.47. The molecule has 0 N–H and O–H groups in total. The Labute approximate surface area is 461 Å². The Bertz CT molecular complexity index is 4490. The van der Waals surface area contributed by atoms with Crippen molar-refractivity contribution in [3.63, 3.8) is 0 Å². The maximum Gasteiger partial charge on any atom is 0.273 e. The third kappa shape index (κ3) is 7.40. The zero-order valence-electron chi connectivity index (χ0n) is 45.2. The molecule has 15 rings (SSSR count). The normalized spacial score (nSPS) is 13.1. The summed E-state index contributed by atoms with van der Waals surface area (Å²) in [5.41, 5.74) is 21.7. The topological polar surface area (TPSA) is 40.9 Å². The highest BCUT2D eigenvalue weighted by atomic mass is 16.3. The molecule has 2 aliphatic heterocycles. The molecule has 10 aromatic carbocycles. The lowest BCUT2D eigenvalue weighted by Gasteiger charge is -2.45. The van der Waals surface area contributed by atoms with E-state index in [1.54, 1.807) is 0 Å². The van der Waals surface area contributed by atoms with E-state index in [4.69, 9.17) is 8.83 Å². The summed E-state index contributed by atoms with van der Waals surface area (Å²) in [5.74, 6) is 0.842. The molecule has 0 saturated heterocycles. The number of benzene rings is 10. The largest absolute Gasteiger partial charge is 0.456 e. The highest BCUT2D eigenvalue weighted by molar-refractivity contribution is 7.00. The molecule has 79 heavy (non-hydrogen) atoms. The van der Waals surface area contributed by atoms with Gasteiger partial charge in [-0.1, -0.05) is 163 Å². The lowest BCUT2D eigenvalue weighted by atomic mass is 9.34. The number of hydrogen-bond acceptors (Lipinski definition) is 5. The molecule has 0 fully saturated rings. The minimum absolute atomic E-state index is 0.0109. The van der Waals surface area contributed by atoms with E-state index >= 15 is 0 Å². The highest BCUT2D eigenvalue weighted by Crippen LogP contribution is 2.51. The summed E-state index contributed by atoms with van der Waals surface area (Å²) >= 11 is 0. The van der Waals surface area contributed by atoms with Crippen molar-refractivity contribution in [1.29, 1.82) is 0 Å². The van der Waals surface area contributed by atoms with Crippen LogP contribution in [0.4, 0.5) is 51.2 Å². The molecule has 0 unspecified atom stereocenters. The molecule has 5 heterocycles. The van der Waals surface area contributed by atoms with Crippen molar-refractivity contribution < 1.29 is 8.83 Å². The first-order valence-corrected chi connectivity index (χ1v) is 27.5. The van der Waals surface area contributed by atoms with Gasteiger partial charge in [-0.3, -0.25) is 0 Å². The summed E-state index contributed by atoms with van der Waals surface area (Å²) in [4.78, 5) is 7.50. The molecule has 0 amide bonds. The molecule has 0 spiro atoms. The molecular weight excluding hydrogens is 964 g/mol. The van der Waals surface area contributed by atoms with E-state index in [9.17, 15) is 0 Å². The van der Waals surface area contributed by atoms with Crippen LogP contribution in [-0.2, 0) is 10.8 Å². The predicted octanol–water partition coefficient (Wildman–Crippen LogP) is 18.1. The Hall–Kier alpha value is -9.46. The van der Waals surface area contributed by atoms with E-state index in [1.165, 1.54) is 44.4 Å². The van der Waals surface area contributed by atoms with Crippen molar-refractivity contribution >= 4 is 118 Å². The SMILES string of the molecule is CC(C)(C)c1ccc(N2c3cc(C(C)(C)C)cc4c3B(c3ccc(N(c5ccccc5)c5cccc6c5oc5ccccc56)cc3N4c3ccc(-c4cc5ccccc5o4)cc3)c3c2c2ccccc2n3-c2ccccc2)cc1. The molecular formula is C72H57BN4O2. The number of para-hydroxylation sites is 6. The fourth-order valence-electron chi connectivity index (χ4n) is 12.6. The lowest BCUT2D eigenvalue weighted by Crippen LogP contribution is -2.63. The minimum atomic E-state index is -0.213. The van der Waals surface area contributed by atoms with Gasteiger partial charge in [-0.05, 0) is 148 Å². The van der Waals surface area contributed by atoms with Crippen LogP contribution in [-0.4, -0.2) is 11.3 Å². The quantitative estimate of drug-likeness (QED) is 0.149. The second-order valence-electron chi connectivity index (χ2n) is 23.4. The number of aromatic nitrogens is 1. The van der Waals surface area contributed by atoms with Crippen LogP contribution in [0.3, 0.4) is 0 Å². The van der Waals surface area contributed by atoms with Gasteiger partial charge in [-0.15, -0.1) is 0 Å². The molecule has 7 heteroatoms. The van der Waals surface area contributed by atoms with Crippen molar-refractivity contribution in [1.82, 2.24) is 4.57 Å². The lowest BCUT2D eigenvalue weighted by molar-refractivity contribution is 0.590. The Kier molecular flexibility index (Phi) is 10.4. The number of hydrogen-bond donors (Lipinski definition) is 0. The van der Waals surface area contributed by atoms with Crippen molar-refractivity contribution in [2.75, 3.05) is 14.7 Å². The average molecular weight is 1020 g/mol. The molecule has 0 atom stereocenters. The Morgan fingerprint density at radius 1 is 0.430 bits per heavy atom. The first kappa shape index (κ1) is 46.8. The third-order valence-electron chi connectivity index (χ3n) is 16.5. The van der Waals surface area contributed by atoms with Gasteiger partial charge < -0.3 is 28.1 Å².